The maximum atomic E-state index is 12.6. The minimum atomic E-state index is -4.77. The zero-order valence-electron chi connectivity index (χ0n) is 15.9. The second-order valence-electron chi connectivity index (χ2n) is 6.32. The maximum absolute atomic E-state index is 12.6. The van der Waals surface area contributed by atoms with E-state index in [0.717, 1.165) is 5.56 Å². The lowest BCUT2D eigenvalue weighted by Gasteiger charge is -2.25. The lowest BCUT2D eigenvalue weighted by Crippen LogP contribution is -2.42. The monoisotopic (exact) mass is 396 g/mol. The molecule has 0 aromatic heterocycles. The van der Waals surface area contributed by atoms with Gasteiger partial charge >= 0.3 is 6.36 Å². The minimum Gasteiger partial charge on any atom is -0.497 e. The highest BCUT2D eigenvalue weighted by atomic mass is 19.4. The van der Waals surface area contributed by atoms with Gasteiger partial charge in [-0.3, -0.25) is 9.69 Å². The number of carbonyl (C=O) groups is 1. The van der Waals surface area contributed by atoms with Crippen LogP contribution in [0.25, 0.3) is 0 Å². The van der Waals surface area contributed by atoms with E-state index in [0.29, 0.717) is 17.9 Å². The highest BCUT2D eigenvalue weighted by molar-refractivity contribution is 5.81. The van der Waals surface area contributed by atoms with Crippen LogP contribution in [-0.2, 0) is 17.9 Å². The first kappa shape index (κ1) is 21.6. The van der Waals surface area contributed by atoms with Crippen LogP contribution in [0.4, 0.5) is 13.2 Å². The van der Waals surface area contributed by atoms with Gasteiger partial charge in [-0.1, -0.05) is 30.3 Å². The molecule has 28 heavy (non-hydrogen) atoms. The molecule has 1 N–H and O–H groups in total. The average molecular weight is 396 g/mol. The van der Waals surface area contributed by atoms with E-state index in [-0.39, 0.29) is 18.2 Å². The number of hydrogen-bond donors (Lipinski definition) is 1. The highest BCUT2D eigenvalue weighted by Crippen LogP contribution is 2.27. The molecule has 2 aromatic carbocycles. The SMILES string of the molecule is COc1cccc(CNC(=O)C(C)N(C)Cc2ccccc2OC(F)(F)F)c1. The molecule has 0 bridgehead atoms. The predicted molar refractivity (Wildman–Crippen MR) is 98.9 cm³/mol. The van der Waals surface area contributed by atoms with Crippen molar-refractivity contribution < 1.29 is 27.4 Å². The van der Waals surface area contributed by atoms with Crippen LogP contribution in [0, 0.1) is 0 Å². The molecule has 0 aliphatic carbocycles. The van der Waals surface area contributed by atoms with Crippen LogP contribution in [0.1, 0.15) is 18.1 Å². The van der Waals surface area contributed by atoms with Crippen LogP contribution in [0.3, 0.4) is 0 Å². The number of likely N-dealkylation sites (N-methyl/N-ethyl adjacent to an activating group) is 1. The second kappa shape index (κ2) is 9.45. The quantitative estimate of drug-likeness (QED) is 0.739. The van der Waals surface area contributed by atoms with Crippen LogP contribution in [0.5, 0.6) is 11.5 Å². The molecule has 0 spiro atoms. The van der Waals surface area contributed by atoms with Crippen molar-refractivity contribution in [2.75, 3.05) is 14.2 Å². The predicted octanol–water partition coefficient (Wildman–Crippen LogP) is 3.73. The van der Waals surface area contributed by atoms with E-state index in [1.807, 2.05) is 24.3 Å². The summed E-state index contributed by atoms with van der Waals surface area (Å²) in [5.41, 5.74) is 1.22. The number of carbonyl (C=O) groups excluding carboxylic acids is 1. The smallest absolute Gasteiger partial charge is 0.497 e. The molecule has 2 aromatic rings. The Labute approximate surface area is 162 Å². The molecule has 1 atom stereocenters. The van der Waals surface area contributed by atoms with Gasteiger partial charge in [-0.15, -0.1) is 13.2 Å². The van der Waals surface area contributed by atoms with E-state index in [1.165, 1.54) is 12.1 Å². The number of ether oxygens (including phenoxy) is 2. The first-order valence-corrected chi connectivity index (χ1v) is 8.64. The Morgan fingerprint density at radius 2 is 1.89 bits per heavy atom. The molecule has 2 rings (SSSR count). The maximum Gasteiger partial charge on any atom is 0.573 e. The minimum absolute atomic E-state index is 0.125. The number of benzene rings is 2. The van der Waals surface area contributed by atoms with E-state index >= 15 is 0 Å². The molecule has 8 heteroatoms. The Kier molecular flexibility index (Phi) is 7.28. The van der Waals surface area contributed by atoms with Crippen molar-refractivity contribution in [2.45, 2.75) is 32.4 Å². The summed E-state index contributed by atoms with van der Waals surface area (Å²) in [7, 11) is 3.23. The number of amides is 1. The molecule has 1 unspecified atom stereocenters. The first-order valence-electron chi connectivity index (χ1n) is 8.64. The van der Waals surface area contributed by atoms with E-state index < -0.39 is 12.4 Å². The summed E-state index contributed by atoms with van der Waals surface area (Å²) >= 11 is 0. The van der Waals surface area contributed by atoms with Gasteiger partial charge < -0.3 is 14.8 Å². The molecule has 152 valence electrons. The fourth-order valence-electron chi connectivity index (χ4n) is 2.58. The summed E-state index contributed by atoms with van der Waals surface area (Å²) in [5.74, 6) is 0.184. The van der Waals surface area contributed by atoms with Crippen molar-refractivity contribution in [3.05, 3.63) is 59.7 Å². The van der Waals surface area contributed by atoms with Crippen LogP contribution in [-0.4, -0.2) is 37.4 Å². The van der Waals surface area contributed by atoms with Gasteiger partial charge in [-0.25, -0.2) is 0 Å². The number of rotatable bonds is 8. The van der Waals surface area contributed by atoms with E-state index in [2.05, 4.69) is 10.1 Å². The third-order valence-corrected chi connectivity index (χ3v) is 4.26. The Bertz CT molecular complexity index is 796. The van der Waals surface area contributed by atoms with Gasteiger partial charge in [0.15, 0.2) is 0 Å². The van der Waals surface area contributed by atoms with E-state index in [9.17, 15) is 18.0 Å². The zero-order chi connectivity index (χ0) is 20.7. The third-order valence-electron chi connectivity index (χ3n) is 4.26. The molecule has 0 heterocycles. The Morgan fingerprint density at radius 3 is 2.57 bits per heavy atom. The van der Waals surface area contributed by atoms with Crippen molar-refractivity contribution in [1.29, 1.82) is 0 Å². The molecule has 0 saturated heterocycles. The molecule has 5 nitrogen and oxygen atoms in total. The molecule has 0 saturated carbocycles. The van der Waals surface area contributed by atoms with Crippen LogP contribution in [0.2, 0.25) is 0 Å². The van der Waals surface area contributed by atoms with Crippen molar-refractivity contribution >= 4 is 5.91 Å². The lowest BCUT2D eigenvalue weighted by atomic mass is 10.1. The molecule has 1 amide bonds. The van der Waals surface area contributed by atoms with Gasteiger partial charge in [-0.2, -0.15) is 0 Å². The van der Waals surface area contributed by atoms with Crippen molar-refractivity contribution in [1.82, 2.24) is 10.2 Å². The summed E-state index contributed by atoms with van der Waals surface area (Å²) in [4.78, 5) is 14.1. The van der Waals surface area contributed by atoms with Gasteiger partial charge in [0, 0.05) is 18.7 Å². The van der Waals surface area contributed by atoms with Crippen molar-refractivity contribution in [3.8, 4) is 11.5 Å². The zero-order valence-corrected chi connectivity index (χ0v) is 15.9. The van der Waals surface area contributed by atoms with Gasteiger partial charge in [0.05, 0.1) is 13.2 Å². The summed E-state index contributed by atoms with van der Waals surface area (Å²) in [6.07, 6.45) is -4.77. The summed E-state index contributed by atoms with van der Waals surface area (Å²) < 4.78 is 46.9. The number of methoxy groups -OCH3 is 1. The summed E-state index contributed by atoms with van der Waals surface area (Å²) in [6, 6.07) is 12.7. The topological polar surface area (TPSA) is 50.8 Å². The molecule has 0 aliphatic heterocycles. The average Bonchev–Trinajstić information content (AvgIpc) is 2.66. The number of alkyl halides is 3. The molecule has 0 radical (unpaired) electrons. The molecule has 0 fully saturated rings. The summed E-state index contributed by atoms with van der Waals surface area (Å²) in [5, 5.41) is 2.82. The first-order chi connectivity index (χ1) is 13.2. The van der Waals surface area contributed by atoms with Crippen LogP contribution < -0.4 is 14.8 Å². The summed E-state index contributed by atoms with van der Waals surface area (Å²) in [6.45, 7) is 2.14. The second-order valence-corrected chi connectivity index (χ2v) is 6.32. The van der Waals surface area contributed by atoms with Gasteiger partial charge in [-0.05, 0) is 37.7 Å². The Balaban J connectivity index is 1.96. The number of para-hydroxylation sites is 1. The van der Waals surface area contributed by atoms with Gasteiger partial charge in [0.1, 0.15) is 11.5 Å². The van der Waals surface area contributed by atoms with Crippen LogP contribution in [0.15, 0.2) is 48.5 Å². The standard InChI is InChI=1S/C20H23F3N2O3/c1-14(19(26)24-12-15-7-6-9-17(11-15)27-3)25(2)13-16-8-4-5-10-18(16)28-20(21,22)23/h4-11,14H,12-13H2,1-3H3,(H,24,26). The third kappa shape index (κ3) is 6.45. The Morgan fingerprint density at radius 1 is 1.18 bits per heavy atom. The Hall–Kier alpha value is -2.74. The van der Waals surface area contributed by atoms with Gasteiger partial charge in [0.25, 0.3) is 0 Å². The number of nitrogens with one attached hydrogen (secondary N) is 1. The molecular weight excluding hydrogens is 373 g/mol. The molecular formula is C20H23F3N2O3. The van der Waals surface area contributed by atoms with Crippen molar-refractivity contribution in [2.24, 2.45) is 0 Å². The fourth-order valence-corrected chi connectivity index (χ4v) is 2.58. The molecule has 0 aliphatic rings. The fraction of sp³-hybridized carbons (Fsp3) is 0.350. The van der Waals surface area contributed by atoms with Crippen molar-refractivity contribution in [3.63, 3.8) is 0 Å². The van der Waals surface area contributed by atoms with E-state index in [1.54, 1.807) is 38.1 Å². The van der Waals surface area contributed by atoms with Crippen LogP contribution >= 0.6 is 0 Å². The lowest BCUT2D eigenvalue weighted by molar-refractivity contribution is -0.275. The number of hydrogen-bond acceptors (Lipinski definition) is 4. The van der Waals surface area contributed by atoms with Gasteiger partial charge in [0.2, 0.25) is 5.91 Å². The highest BCUT2D eigenvalue weighted by Gasteiger charge is 2.32. The largest absolute Gasteiger partial charge is 0.573 e. The number of nitrogens with zero attached hydrogens (tertiary/aromatic N) is 1. The normalized spacial score (nSPS) is 12.5. The number of halogens is 3. The van der Waals surface area contributed by atoms with E-state index in [4.69, 9.17) is 4.74 Å².